The number of hydrogen-bond donors (Lipinski definition) is 2. The molecule has 322 valence electrons. The summed E-state index contributed by atoms with van der Waals surface area (Å²) in [5.74, 6) is 1.96. The number of fused-ring (bicyclic) bond motifs is 4. The predicted molar refractivity (Wildman–Crippen MR) is 228 cm³/mol. The SMILES string of the molecule is CC1CCC2CCC(SC3CCC(NC4CCCCC4)C4C(=O)C5C(SC6CCC7CC(C(F)(F)F)CCC7C6)CCC(NC6CCCCC6)C5C(=O)C34)CC2C1. The van der Waals surface area contributed by atoms with E-state index in [0.717, 1.165) is 62.7 Å². The smallest absolute Gasteiger partial charge is 0.310 e. The van der Waals surface area contributed by atoms with E-state index in [2.05, 4.69) is 29.3 Å². The van der Waals surface area contributed by atoms with E-state index in [1.807, 2.05) is 11.8 Å². The molecule has 9 fully saturated rings. The van der Waals surface area contributed by atoms with Crippen LogP contribution in [0.3, 0.4) is 0 Å². The molecule has 0 aromatic carbocycles. The summed E-state index contributed by atoms with van der Waals surface area (Å²) in [6, 6.07) is 1.08. The van der Waals surface area contributed by atoms with Gasteiger partial charge >= 0.3 is 6.18 Å². The maximum atomic E-state index is 15.8. The van der Waals surface area contributed by atoms with E-state index in [-0.39, 0.29) is 58.6 Å². The molecule has 16 unspecified atom stereocenters. The third-order valence-corrected chi connectivity index (χ3v) is 21.4. The minimum atomic E-state index is -4.07. The van der Waals surface area contributed by atoms with Crippen LogP contribution >= 0.6 is 23.5 Å². The molecule has 0 radical (unpaired) electrons. The van der Waals surface area contributed by atoms with Gasteiger partial charge in [-0.05, 0) is 152 Å². The molecule has 0 aromatic rings. The Hall–Kier alpha value is -0.250. The van der Waals surface area contributed by atoms with E-state index < -0.39 is 12.1 Å². The molecule has 57 heavy (non-hydrogen) atoms. The summed E-state index contributed by atoms with van der Waals surface area (Å²) < 4.78 is 41.1. The van der Waals surface area contributed by atoms with Crippen LogP contribution in [0.1, 0.15) is 174 Å². The average Bonchev–Trinajstić information content (AvgIpc) is 3.21. The van der Waals surface area contributed by atoms with E-state index >= 15 is 9.59 Å². The van der Waals surface area contributed by atoms with Crippen molar-refractivity contribution in [2.24, 2.45) is 59.2 Å². The Bertz CT molecular complexity index is 1390. The van der Waals surface area contributed by atoms with E-state index in [4.69, 9.17) is 0 Å². The van der Waals surface area contributed by atoms with Crippen molar-refractivity contribution in [3.05, 3.63) is 0 Å². The van der Waals surface area contributed by atoms with Gasteiger partial charge in [0.15, 0.2) is 0 Å². The number of hydrogen-bond acceptors (Lipinski definition) is 6. The molecule has 4 nitrogen and oxygen atoms in total. The summed E-state index contributed by atoms with van der Waals surface area (Å²) in [6.07, 6.45) is 24.4. The molecule has 16 atom stereocenters. The number of thioether (sulfide) groups is 2. The molecule has 0 spiro atoms. The second kappa shape index (κ2) is 18.2. The van der Waals surface area contributed by atoms with Crippen molar-refractivity contribution in [3.63, 3.8) is 0 Å². The zero-order valence-corrected chi connectivity index (χ0v) is 36.7. The highest BCUT2D eigenvalue weighted by molar-refractivity contribution is 8.00. The van der Waals surface area contributed by atoms with Gasteiger partial charge in [0.05, 0.1) is 5.92 Å². The first-order valence-corrected chi connectivity index (χ1v) is 26.4. The van der Waals surface area contributed by atoms with Gasteiger partial charge in [0.1, 0.15) is 11.6 Å². The standard InChI is InChI=1S/C48H75F3N2O2S2/c1-28-12-13-29-15-18-37(27-32(29)24-28)57-41-23-21-39(53-35-10-6-3-7-11-35)43-45(41)47(55)42-38(52-34-8-4-2-5-9-34)20-22-40(44(42)46(43)54)56-36-19-16-30-25-33(48(49,50)51)17-14-31(30)26-36/h28-45,52-53H,2-27H2,1H3. The Kier molecular flexibility index (Phi) is 13.5. The minimum Gasteiger partial charge on any atom is -0.310 e. The highest BCUT2D eigenvalue weighted by Crippen LogP contribution is 2.56. The van der Waals surface area contributed by atoms with Gasteiger partial charge in [-0.1, -0.05) is 51.9 Å². The first-order chi connectivity index (χ1) is 27.6. The van der Waals surface area contributed by atoms with Crippen molar-refractivity contribution in [2.45, 2.75) is 225 Å². The number of ketones is 2. The summed E-state index contributed by atoms with van der Waals surface area (Å²) in [5, 5.41) is 9.56. The number of carbonyl (C=O) groups is 2. The number of nitrogens with one attached hydrogen (secondary N) is 2. The lowest BCUT2D eigenvalue weighted by Crippen LogP contribution is -2.67. The van der Waals surface area contributed by atoms with Crippen molar-refractivity contribution >= 4 is 35.1 Å². The van der Waals surface area contributed by atoms with E-state index in [1.54, 1.807) is 0 Å². The topological polar surface area (TPSA) is 58.2 Å². The maximum Gasteiger partial charge on any atom is 0.391 e. The Balaban J connectivity index is 0.972. The minimum absolute atomic E-state index is 0.0808. The van der Waals surface area contributed by atoms with Gasteiger partial charge in [0, 0.05) is 68.8 Å². The highest BCUT2D eigenvalue weighted by Gasteiger charge is 2.61. The lowest BCUT2D eigenvalue weighted by Gasteiger charge is -2.55. The molecule has 9 rings (SSSR count). The van der Waals surface area contributed by atoms with Gasteiger partial charge in [-0.25, -0.2) is 0 Å². The van der Waals surface area contributed by atoms with Crippen molar-refractivity contribution in [1.82, 2.24) is 10.6 Å². The molecular weight excluding hydrogens is 758 g/mol. The van der Waals surface area contributed by atoms with Crippen LogP contribution in [-0.4, -0.2) is 62.9 Å². The zero-order valence-electron chi connectivity index (χ0n) is 35.0. The molecule has 0 heterocycles. The van der Waals surface area contributed by atoms with Crippen LogP contribution in [0.15, 0.2) is 0 Å². The maximum absolute atomic E-state index is 15.8. The lowest BCUT2D eigenvalue weighted by molar-refractivity contribution is -0.190. The van der Waals surface area contributed by atoms with E-state index in [1.165, 1.54) is 103 Å². The summed E-state index contributed by atoms with van der Waals surface area (Å²) in [7, 11) is 0. The molecule has 0 bridgehead atoms. The van der Waals surface area contributed by atoms with E-state index in [9.17, 15) is 13.2 Å². The van der Waals surface area contributed by atoms with Crippen LogP contribution in [0.5, 0.6) is 0 Å². The molecule has 0 amide bonds. The summed E-state index contributed by atoms with van der Waals surface area (Å²) in [6.45, 7) is 2.45. The third kappa shape index (κ3) is 9.28. The molecular formula is C48H75F3N2O2S2. The van der Waals surface area contributed by atoms with Crippen molar-refractivity contribution in [2.75, 3.05) is 0 Å². The lowest BCUT2D eigenvalue weighted by atomic mass is 9.55. The number of alkyl halides is 3. The average molecular weight is 833 g/mol. The van der Waals surface area contributed by atoms with Crippen molar-refractivity contribution in [3.8, 4) is 0 Å². The Labute approximate surface area is 351 Å². The first-order valence-electron chi connectivity index (χ1n) is 24.6. The van der Waals surface area contributed by atoms with Crippen LogP contribution in [0, 0.1) is 59.2 Å². The van der Waals surface area contributed by atoms with Crippen LogP contribution < -0.4 is 10.6 Å². The molecule has 9 aliphatic carbocycles. The quantitative estimate of drug-likeness (QED) is 0.254. The molecule has 2 N–H and O–H groups in total. The fourth-order valence-corrected chi connectivity index (χ4v) is 18.8. The van der Waals surface area contributed by atoms with E-state index in [0.29, 0.717) is 52.9 Å². The molecule has 0 saturated heterocycles. The summed E-state index contributed by atoms with van der Waals surface area (Å²) in [5.41, 5.74) is 0. The van der Waals surface area contributed by atoms with Gasteiger partial charge in [0.2, 0.25) is 0 Å². The van der Waals surface area contributed by atoms with Crippen LogP contribution in [0.2, 0.25) is 0 Å². The van der Waals surface area contributed by atoms with Crippen molar-refractivity contribution < 1.29 is 22.8 Å². The van der Waals surface area contributed by atoms with Crippen molar-refractivity contribution in [1.29, 1.82) is 0 Å². The Morgan fingerprint density at radius 2 is 0.947 bits per heavy atom. The second-order valence-corrected chi connectivity index (χ2v) is 24.6. The summed E-state index contributed by atoms with van der Waals surface area (Å²) >= 11 is 4.17. The van der Waals surface area contributed by atoms with Gasteiger partial charge in [-0.15, -0.1) is 0 Å². The van der Waals surface area contributed by atoms with Gasteiger partial charge < -0.3 is 10.6 Å². The number of Topliss-reactive ketones (excluding diaryl/α,β-unsaturated/α-hetero) is 2. The number of carbonyl (C=O) groups excluding carboxylic acids is 2. The second-order valence-electron chi connectivity index (χ2n) is 21.5. The fourth-order valence-electron chi connectivity index (χ4n) is 15.1. The zero-order chi connectivity index (χ0) is 39.3. The molecule has 0 aliphatic heterocycles. The Morgan fingerprint density at radius 1 is 0.474 bits per heavy atom. The number of rotatable bonds is 8. The molecule has 0 aromatic heterocycles. The largest absolute Gasteiger partial charge is 0.391 e. The van der Waals surface area contributed by atoms with Crippen LogP contribution in [-0.2, 0) is 9.59 Å². The fraction of sp³-hybridized carbons (Fsp3) is 0.958. The number of halogens is 3. The van der Waals surface area contributed by atoms with Crippen LogP contribution in [0.4, 0.5) is 13.2 Å². The van der Waals surface area contributed by atoms with Crippen LogP contribution in [0.25, 0.3) is 0 Å². The highest BCUT2D eigenvalue weighted by atomic mass is 32.2. The van der Waals surface area contributed by atoms with Gasteiger partial charge in [0.25, 0.3) is 0 Å². The predicted octanol–water partition coefficient (Wildman–Crippen LogP) is 11.7. The molecule has 9 heteroatoms. The van der Waals surface area contributed by atoms with Gasteiger partial charge in [-0.2, -0.15) is 36.7 Å². The normalized spacial score (nSPS) is 46.4. The first kappa shape index (κ1) is 42.1. The summed E-state index contributed by atoms with van der Waals surface area (Å²) in [4.78, 5) is 31.5. The monoisotopic (exact) mass is 833 g/mol. The molecule has 9 saturated carbocycles. The van der Waals surface area contributed by atoms with Gasteiger partial charge in [-0.3, -0.25) is 9.59 Å². The third-order valence-electron chi connectivity index (χ3n) is 18.0. The molecule has 9 aliphatic rings. The Morgan fingerprint density at radius 3 is 1.49 bits per heavy atom.